The van der Waals surface area contributed by atoms with Crippen molar-refractivity contribution >= 4 is 16.9 Å². The van der Waals surface area contributed by atoms with E-state index in [9.17, 15) is 0 Å². The number of rotatable bonds is 5. The van der Waals surface area contributed by atoms with Crippen molar-refractivity contribution in [1.29, 1.82) is 0 Å². The molecular weight excluding hydrogens is 228 g/mol. The average Bonchev–Trinajstić information content (AvgIpc) is 3.16. The Balaban J connectivity index is 1.48. The molecule has 2 aliphatic carbocycles. The number of aliphatic imine (C=N–C) groups is 1. The van der Waals surface area contributed by atoms with E-state index < -0.39 is 0 Å². The van der Waals surface area contributed by atoms with Crippen molar-refractivity contribution in [2.75, 3.05) is 6.54 Å². The topological polar surface area (TPSA) is 24.4 Å². The summed E-state index contributed by atoms with van der Waals surface area (Å²) >= 11 is 2.00. The molecule has 0 aromatic carbocycles. The lowest BCUT2D eigenvalue weighted by Gasteiger charge is -2.19. The molecule has 3 heteroatoms. The zero-order chi connectivity index (χ0) is 11.8. The third-order valence-corrected chi connectivity index (χ3v) is 5.15. The number of thioether (sulfide) groups is 1. The van der Waals surface area contributed by atoms with Gasteiger partial charge in [0.05, 0.1) is 6.54 Å². The smallest absolute Gasteiger partial charge is 0.157 e. The van der Waals surface area contributed by atoms with Crippen LogP contribution in [0.5, 0.6) is 0 Å². The summed E-state index contributed by atoms with van der Waals surface area (Å²) in [5, 5.41) is 5.74. The van der Waals surface area contributed by atoms with Crippen molar-refractivity contribution in [1.82, 2.24) is 5.32 Å². The minimum absolute atomic E-state index is 0.733. The molecule has 96 valence electrons. The number of amidine groups is 1. The van der Waals surface area contributed by atoms with Crippen LogP contribution in [0.3, 0.4) is 0 Å². The largest absolute Gasteiger partial charge is 0.362 e. The summed E-state index contributed by atoms with van der Waals surface area (Å²) in [6, 6.07) is 0.763. The van der Waals surface area contributed by atoms with Crippen LogP contribution in [-0.4, -0.2) is 23.0 Å². The van der Waals surface area contributed by atoms with E-state index in [-0.39, 0.29) is 0 Å². The van der Waals surface area contributed by atoms with E-state index in [0.29, 0.717) is 0 Å². The Bertz CT molecular complexity index is 293. The van der Waals surface area contributed by atoms with Gasteiger partial charge in [0.1, 0.15) is 0 Å². The van der Waals surface area contributed by atoms with Crippen LogP contribution < -0.4 is 5.32 Å². The fourth-order valence-corrected chi connectivity index (χ4v) is 4.12. The standard InChI is InChI=1S/C14H24N2S/c1-9(2)7-12-8-15-14(17-12)16-13(10-3-4-10)11-5-6-11/h9-13H,3-8H2,1-2H3,(H,15,16). The Morgan fingerprint density at radius 1 is 1.24 bits per heavy atom. The van der Waals surface area contributed by atoms with E-state index in [4.69, 9.17) is 4.99 Å². The van der Waals surface area contributed by atoms with Gasteiger partial charge in [0.25, 0.3) is 0 Å². The molecule has 1 atom stereocenters. The van der Waals surface area contributed by atoms with Crippen LogP contribution in [0.1, 0.15) is 46.0 Å². The SMILES string of the molecule is CC(C)CC1CN=C(NC(C2CC2)C2CC2)S1. The molecule has 17 heavy (non-hydrogen) atoms. The summed E-state index contributed by atoms with van der Waals surface area (Å²) in [6.07, 6.45) is 7.09. The lowest BCUT2D eigenvalue weighted by atomic mass is 10.1. The van der Waals surface area contributed by atoms with Crippen LogP contribution in [0.4, 0.5) is 0 Å². The molecule has 0 radical (unpaired) electrons. The molecule has 0 spiro atoms. The molecular formula is C14H24N2S. The fraction of sp³-hybridized carbons (Fsp3) is 0.929. The highest BCUT2D eigenvalue weighted by Crippen LogP contribution is 2.45. The predicted octanol–water partition coefficient (Wildman–Crippen LogP) is 3.28. The van der Waals surface area contributed by atoms with Gasteiger partial charge in [-0.05, 0) is 49.9 Å². The molecule has 0 aromatic heterocycles. The molecule has 0 bridgehead atoms. The van der Waals surface area contributed by atoms with Gasteiger partial charge in [0.2, 0.25) is 0 Å². The minimum Gasteiger partial charge on any atom is -0.362 e. The Kier molecular flexibility index (Phi) is 3.38. The van der Waals surface area contributed by atoms with Gasteiger partial charge in [-0.15, -0.1) is 0 Å². The Labute approximate surface area is 109 Å². The highest BCUT2D eigenvalue weighted by atomic mass is 32.2. The third-order valence-electron chi connectivity index (χ3n) is 4.00. The summed E-state index contributed by atoms with van der Waals surface area (Å²) in [5.41, 5.74) is 0. The lowest BCUT2D eigenvalue weighted by Crippen LogP contribution is -2.36. The van der Waals surface area contributed by atoms with E-state index in [1.165, 1.54) is 37.3 Å². The third kappa shape index (κ3) is 3.18. The van der Waals surface area contributed by atoms with Gasteiger partial charge in [-0.2, -0.15) is 0 Å². The molecule has 0 aromatic rings. The quantitative estimate of drug-likeness (QED) is 0.812. The van der Waals surface area contributed by atoms with Crippen molar-refractivity contribution in [3.05, 3.63) is 0 Å². The highest BCUT2D eigenvalue weighted by molar-refractivity contribution is 8.14. The normalized spacial score (nSPS) is 28.9. The summed E-state index contributed by atoms with van der Waals surface area (Å²) in [7, 11) is 0. The van der Waals surface area contributed by atoms with Gasteiger partial charge in [0.15, 0.2) is 5.17 Å². The van der Waals surface area contributed by atoms with Crippen LogP contribution >= 0.6 is 11.8 Å². The van der Waals surface area contributed by atoms with Crippen molar-refractivity contribution in [3.8, 4) is 0 Å². The monoisotopic (exact) mass is 252 g/mol. The molecule has 1 heterocycles. The van der Waals surface area contributed by atoms with Gasteiger partial charge >= 0.3 is 0 Å². The molecule has 2 fully saturated rings. The van der Waals surface area contributed by atoms with Crippen LogP contribution in [0.15, 0.2) is 4.99 Å². The number of nitrogens with one attached hydrogen (secondary N) is 1. The van der Waals surface area contributed by atoms with Crippen molar-refractivity contribution in [2.45, 2.75) is 57.2 Å². The fourth-order valence-electron chi connectivity index (χ4n) is 2.82. The average molecular weight is 252 g/mol. The lowest BCUT2D eigenvalue weighted by molar-refractivity contribution is 0.485. The molecule has 2 saturated carbocycles. The van der Waals surface area contributed by atoms with Gasteiger partial charge < -0.3 is 5.32 Å². The predicted molar refractivity (Wildman–Crippen MR) is 75.5 cm³/mol. The van der Waals surface area contributed by atoms with Crippen LogP contribution in [-0.2, 0) is 0 Å². The zero-order valence-corrected chi connectivity index (χ0v) is 11.8. The van der Waals surface area contributed by atoms with E-state index in [2.05, 4.69) is 19.2 Å². The second-order valence-corrected chi connectivity index (χ2v) is 7.65. The van der Waals surface area contributed by atoms with Crippen molar-refractivity contribution in [2.24, 2.45) is 22.7 Å². The number of hydrogen-bond acceptors (Lipinski definition) is 3. The molecule has 2 nitrogen and oxygen atoms in total. The molecule has 1 unspecified atom stereocenters. The summed E-state index contributed by atoms with van der Waals surface area (Å²) in [4.78, 5) is 4.70. The van der Waals surface area contributed by atoms with E-state index >= 15 is 0 Å². The van der Waals surface area contributed by atoms with Gasteiger partial charge in [-0.25, -0.2) is 0 Å². The first-order valence-electron chi connectivity index (χ1n) is 7.20. The molecule has 0 saturated heterocycles. The van der Waals surface area contributed by atoms with Crippen LogP contribution in [0.2, 0.25) is 0 Å². The first kappa shape index (κ1) is 11.9. The maximum Gasteiger partial charge on any atom is 0.157 e. The molecule has 3 rings (SSSR count). The number of nitrogens with zero attached hydrogens (tertiary/aromatic N) is 1. The summed E-state index contributed by atoms with van der Waals surface area (Å²) in [6.45, 7) is 5.65. The second-order valence-electron chi connectivity index (χ2n) is 6.36. The highest BCUT2D eigenvalue weighted by Gasteiger charge is 2.42. The first-order chi connectivity index (χ1) is 8.22. The van der Waals surface area contributed by atoms with E-state index in [0.717, 1.165) is 35.6 Å². The van der Waals surface area contributed by atoms with Crippen molar-refractivity contribution < 1.29 is 0 Å². The Morgan fingerprint density at radius 3 is 2.41 bits per heavy atom. The van der Waals surface area contributed by atoms with Gasteiger partial charge in [-0.3, -0.25) is 4.99 Å². The van der Waals surface area contributed by atoms with Gasteiger partial charge in [-0.1, -0.05) is 25.6 Å². The Hall–Kier alpha value is -0.180. The van der Waals surface area contributed by atoms with Gasteiger partial charge in [0, 0.05) is 11.3 Å². The van der Waals surface area contributed by atoms with Crippen LogP contribution in [0.25, 0.3) is 0 Å². The zero-order valence-electron chi connectivity index (χ0n) is 11.0. The second kappa shape index (κ2) is 4.83. The summed E-state index contributed by atoms with van der Waals surface area (Å²) < 4.78 is 0. The molecule has 0 amide bonds. The molecule has 3 aliphatic rings. The van der Waals surface area contributed by atoms with Crippen molar-refractivity contribution in [3.63, 3.8) is 0 Å². The molecule has 1 aliphatic heterocycles. The van der Waals surface area contributed by atoms with E-state index in [1.807, 2.05) is 11.8 Å². The van der Waals surface area contributed by atoms with Crippen LogP contribution in [0, 0.1) is 17.8 Å². The first-order valence-corrected chi connectivity index (χ1v) is 8.08. The summed E-state index contributed by atoms with van der Waals surface area (Å²) in [5.74, 6) is 2.73. The maximum atomic E-state index is 4.70. The number of hydrogen-bond donors (Lipinski definition) is 1. The minimum atomic E-state index is 0.733. The van der Waals surface area contributed by atoms with E-state index in [1.54, 1.807) is 0 Å². The maximum absolute atomic E-state index is 4.70. The molecule has 1 N–H and O–H groups in total. The Morgan fingerprint density at radius 2 is 1.88 bits per heavy atom.